The van der Waals surface area contributed by atoms with Crippen LogP contribution in [0.3, 0.4) is 0 Å². The predicted molar refractivity (Wildman–Crippen MR) is 127 cm³/mol. The molecule has 7 nitrogen and oxygen atoms in total. The van der Waals surface area contributed by atoms with E-state index >= 15 is 0 Å². The van der Waals surface area contributed by atoms with Gasteiger partial charge in [0.25, 0.3) is 11.6 Å². The minimum absolute atomic E-state index is 0.0182. The maximum atomic E-state index is 13.8. The molecular formula is C26H25N3O4. The first-order valence-electron chi connectivity index (χ1n) is 11.0. The summed E-state index contributed by atoms with van der Waals surface area (Å²) in [5.41, 5.74) is 2.46. The summed E-state index contributed by atoms with van der Waals surface area (Å²) in [6, 6.07) is 22.0. The molecule has 0 unspecified atom stereocenters. The third-order valence-corrected chi connectivity index (χ3v) is 6.00. The van der Waals surface area contributed by atoms with Crippen LogP contribution in [0.2, 0.25) is 0 Å². The van der Waals surface area contributed by atoms with Crippen LogP contribution in [0, 0.1) is 10.1 Å². The van der Waals surface area contributed by atoms with E-state index in [1.54, 1.807) is 46.2 Å². The second-order valence-electron chi connectivity index (χ2n) is 8.09. The molecule has 3 aromatic carbocycles. The van der Waals surface area contributed by atoms with Crippen molar-refractivity contribution < 1.29 is 14.5 Å². The minimum Gasteiger partial charge on any atom is -0.309 e. The molecule has 1 aliphatic rings. The van der Waals surface area contributed by atoms with Gasteiger partial charge in [-0.1, -0.05) is 49.4 Å². The molecule has 0 aromatic heterocycles. The van der Waals surface area contributed by atoms with Gasteiger partial charge >= 0.3 is 0 Å². The molecule has 1 heterocycles. The van der Waals surface area contributed by atoms with Gasteiger partial charge in [0.05, 0.1) is 16.7 Å². The highest BCUT2D eigenvalue weighted by atomic mass is 16.6. The summed E-state index contributed by atoms with van der Waals surface area (Å²) in [6.07, 6.45) is 0.880. The van der Waals surface area contributed by atoms with E-state index in [0.29, 0.717) is 24.1 Å². The molecule has 7 heteroatoms. The number of hydrogen-bond acceptors (Lipinski definition) is 4. The standard InChI is InChI=1S/C26H25N3O4/c1-3-25(30)27-18(2)16-24(22-14-7-8-15-23(22)27)28(26(31)19-10-5-4-6-11-19)20-12-9-13-21(17-20)29(32)33/h4-15,17-18,24H,3,16H2,1-2H3/t18-,24-/m1/s1. The number of anilines is 2. The van der Waals surface area contributed by atoms with Gasteiger partial charge in [0.1, 0.15) is 0 Å². The van der Waals surface area contributed by atoms with Crippen LogP contribution in [0.1, 0.15) is 48.7 Å². The number of carbonyl (C=O) groups excluding carboxylic acids is 2. The van der Waals surface area contributed by atoms with Gasteiger partial charge in [0.15, 0.2) is 0 Å². The number of nitro benzene ring substituents is 1. The summed E-state index contributed by atoms with van der Waals surface area (Å²) >= 11 is 0. The van der Waals surface area contributed by atoms with Gasteiger partial charge < -0.3 is 9.80 Å². The van der Waals surface area contributed by atoms with Crippen molar-refractivity contribution in [1.82, 2.24) is 0 Å². The fourth-order valence-electron chi connectivity index (χ4n) is 4.49. The van der Waals surface area contributed by atoms with E-state index in [9.17, 15) is 19.7 Å². The van der Waals surface area contributed by atoms with Gasteiger partial charge in [0, 0.05) is 35.8 Å². The highest BCUT2D eigenvalue weighted by Gasteiger charge is 2.38. The van der Waals surface area contributed by atoms with Crippen LogP contribution in [0.15, 0.2) is 78.9 Å². The molecule has 0 spiro atoms. The second kappa shape index (κ2) is 9.24. The smallest absolute Gasteiger partial charge is 0.271 e. The second-order valence-corrected chi connectivity index (χ2v) is 8.09. The lowest BCUT2D eigenvalue weighted by Crippen LogP contribution is -2.47. The maximum absolute atomic E-state index is 13.8. The molecule has 0 N–H and O–H groups in total. The first kappa shape index (κ1) is 22.2. The Morgan fingerprint density at radius 1 is 1.03 bits per heavy atom. The van der Waals surface area contributed by atoms with E-state index in [-0.39, 0.29) is 23.5 Å². The molecule has 168 valence electrons. The quantitative estimate of drug-likeness (QED) is 0.384. The Bertz CT molecular complexity index is 1190. The lowest BCUT2D eigenvalue weighted by atomic mass is 9.89. The molecule has 2 atom stereocenters. The molecule has 2 amide bonds. The monoisotopic (exact) mass is 443 g/mol. The maximum Gasteiger partial charge on any atom is 0.271 e. The normalized spacial score (nSPS) is 17.2. The van der Waals surface area contributed by atoms with Crippen molar-refractivity contribution in [3.05, 3.63) is 100 Å². The SMILES string of the molecule is CCC(=O)N1c2ccccc2[C@H](N(C(=O)c2ccccc2)c2cccc([N+](=O)[O-])c2)C[C@H]1C. The fraction of sp³-hybridized carbons (Fsp3) is 0.231. The van der Waals surface area contributed by atoms with E-state index in [1.807, 2.05) is 44.2 Å². The number of carbonyl (C=O) groups is 2. The molecule has 0 aliphatic carbocycles. The van der Waals surface area contributed by atoms with Crippen LogP contribution in [0.25, 0.3) is 0 Å². The van der Waals surface area contributed by atoms with Crippen molar-refractivity contribution >= 4 is 28.9 Å². The third-order valence-electron chi connectivity index (χ3n) is 6.00. The number of nitro groups is 1. The zero-order chi connectivity index (χ0) is 23.5. The lowest BCUT2D eigenvalue weighted by Gasteiger charge is -2.43. The van der Waals surface area contributed by atoms with Crippen molar-refractivity contribution in [3.63, 3.8) is 0 Å². The zero-order valence-electron chi connectivity index (χ0n) is 18.5. The first-order valence-corrected chi connectivity index (χ1v) is 11.0. The average Bonchev–Trinajstić information content (AvgIpc) is 2.84. The van der Waals surface area contributed by atoms with Gasteiger partial charge in [-0.15, -0.1) is 0 Å². The summed E-state index contributed by atoms with van der Waals surface area (Å²) < 4.78 is 0. The largest absolute Gasteiger partial charge is 0.309 e. The van der Waals surface area contributed by atoms with E-state index in [0.717, 1.165) is 11.3 Å². The van der Waals surface area contributed by atoms with Crippen LogP contribution in [0.5, 0.6) is 0 Å². The molecule has 4 rings (SSSR count). The first-order chi connectivity index (χ1) is 15.9. The van der Waals surface area contributed by atoms with Crippen LogP contribution in [0.4, 0.5) is 17.1 Å². The van der Waals surface area contributed by atoms with Crippen LogP contribution in [-0.2, 0) is 4.79 Å². The number of rotatable bonds is 5. The molecule has 0 bridgehead atoms. The Balaban J connectivity index is 1.89. The fourth-order valence-corrected chi connectivity index (χ4v) is 4.49. The topological polar surface area (TPSA) is 83.8 Å². The van der Waals surface area contributed by atoms with Crippen molar-refractivity contribution in [2.45, 2.75) is 38.8 Å². The van der Waals surface area contributed by atoms with Gasteiger partial charge in [-0.25, -0.2) is 0 Å². The number of fused-ring (bicyclic) bond motifs is 1. The minimum atomic E-state index is -0.465. The molecule has 0 radical (unpaired) electrons. The molecule has 1 aliphatic heterocycles. The van der Waals surface area contributed by atoms with Crippen molar-refractivity contribution in [1.29, 1.82) is 0 Å². The number of benzene rings is 3. The van der Waals surface area contributed by atoms with Crippen LogP contribution in [-0.4, -0.2) is 22.8 Å². The van der Waals surface area contributed by atoms with Crippen LogP contribution >= 0.6 is 0 Å². The Morgan fingerprint density at radius 2 is 1.73 bits per heavy atom. The molecule has 33 heavy (non-hydrogen) atoms. The molecule has 0 saturated heterocycles. The predicted octanol–water partition coefficient (Wildman–Crippen LogP) is 5.52. The highest BCUT2D eigenvalue weighted by Crippen LogP contribution is 2.43. The molecule has 0 fully saturated rings. The molecular weight excluding hydrogens is 418 g/mol. The Kier molecular flexibility index (Phi) is 6.22. The average molecular weight is 444 g/mol. The number of amides is 2. The van der Waals surface area contributed by atoms with E-state index < -0.39 is 11.0 Å². The van der Waals surface area contributed by atoms with E-state index in [1.165, 1.54) is 12.1 Å². The lowest BCUT2D eigenvalue weighted by molar-refractivity contribution is -0.384. The van der Waals surface area contributed by atoms with Gasteiger partial charge in [0.2, 0.25) is 5.91 Å². The number of hydrogen-bond donors (Lipinski definition) is 0. The van der Waals surface area contributed by atoms with Gasteiger partial charge in [-0.3, -0.25) is 19.7 Å². The number of para-hydroxylation sites is 1. The van der Waals surface area contributed by atoms with E-state index in [4.69, 9.17) is 0 Å². The van der Waals surface area contributed by atoms with Crippen LogP contribution < -0.4 is 9.80 Å². The third kappa shape index (κ3) is 4.22. The molecule has 0 saturated carbocycles. The summed E-state index contributed by atoms with van der Waals surface area (Å²) in [4.78, 5) is 40.9. The van der Waals surface area contributed by atoms with Crippen molar-refractivity contribution in [3.8, 4) is 0 Å². The Hall–Kier alpha value is -4.00. The summed E-state index contributed by atoms with van der Waals surface area (Å²) in [7, 11) is 0. The summed E-state index contributed by atoms with van der Waals surface area (Å²) in [5, 5.41) is 11.5. The number of nitrogens with zero attached hydrogens (tertiary/aromatic N) is 3. The summed E-state index contributed by atoms with van der Waals surface area (Å²) in [5.74, 6) is -0.233. The highest BCUT2D eigenvalue weighted by molar-refractivity contribution is 6.07. The summed E-state index contributed by atoms with van der Waals surface area (Å²) in [6.45, 7) is 3.80. The number of non-ortho nitro benzene ring substituents is 1. The van der Waals surface area contributed by atoms with Crippen molar-refractivity contribution in [2.75, 3.05) is 9.80 Å². The molecule has 3 aromatic rings. The Labute approximate surface area is 192 Å². The van der Waals surface area contributed by atoms with Crippen molar-refractivity contribution in [2.24, 2.45) is 0 Å². The zero-order valence-corrected chi connectivity index (χ0v) is 18.5. The van der Waals surface area contributed by atoms with Gasteiger partial charge in [-0.05, 0) is 43.2 Å². The van der Waals surface area contributed by atoms with Gasteiger partial charge in [-0.2, -0.15) is 0 Å². The Morgan fingerprint density at radius 3 is 2.42 bits per heavy atom. The van der Waals surface area contributed by atoms with E-state index in [2.05, 4.69) is 0 Å².